The highest BCUT2D eigenvalue weighted by Gasteiger charge is 2.36. The summed E-state index contributed by atoms with van der Waals surface area (Å²) in [7, 11) is 0. The number of carbonyl (C=O) groups is 2. The van der Waals surface area contributed by atoms with Gasteiger partial charge < -0.3 is 9.84 Å². The van der Waals surface area contributed by atoms with E-state index < -0.39 is 5.91 Å². The Morgan fingerprint density at radius 2 is 2.08 bits per heavy atom. The van der Waals surface area contributed by atoms with Crippen LogP contribution in [0.4, 0.5) is 10.5 Å². The molecule has 1 fully saturated rings. The summed E-state index contributed by atoms with van der Waals surface area (Å²) < 4.78 is 6.00. The van der Waals surface area contributed by atoms with Crippen LogP contribution >= 0.6 is 46.0 Å². The average Bonchev–Trinajstić information content (AvgIpc) is 2.86. The Balaban J connectivity index is 1.96. The van der Waals surface area contributed by atoms with E-state index in [4.69, 9.17) is 16.3 Å². The van der Waals surface area contributed by atoms with Gasteiger partial charge in [0, 0.05) is 5.02 Å². The number of anilines is 1. The summed E-state index contributed by atoms with van der Waals surface area (Å²) in [5.41, 5.74) is 1.09. The number of ether oxygens (including phenoxy) is 1. The summed E-state index contributed by atoms with van der Waals surface area (Å²) in [5, 5.41) is 10.1. The van der Waals surface area contributed by atoms with Crippen molar-refractivity contribution in [2.45, 2.75) is 6.92 Å². The maximum absolute atomic E-state index is 12.7. The van der Waals surface area contributed by atoms with Crippen LogP contribution < -0.4 is 9.64 Å². The van der Waals surface area contributed by atoms with Gasteiger partial charge in [0.25, 0.3) is 11.1 Å². The maximum atomic E-state index is 12.7. The van der Waals surface area contributed by atoms with E-state index in [2.05, 4.69) is 0 Å². The van der Waals surface area contributed by atoms with E-state index in [1.165, 1.54) is 0 Å². The molecule has 2 aromatic rings. The third-order valence-electron chi connectivity index (χ3n) is 3.51. The normalized spacial score (nSPS) is 15.8. The lowest BCUT2D eigenvalue weighted by Crippen LogP contribution is -2.27. The number of carbonyl (C=O) groups excluding carboxylic acids is 2. The topological polar surface area (TPSA) is 66.8 Å². The molecule has 0 radical (unpaired) electrons. The fourth-order valence-electron chi connectivity index (χ4n) is 2.40. The Hall–Kier alpha value is -1.71. The molecular weight excluding hydrogens is 489 g/mol. The van der Waals surface area contributed by atoms with Crippen LogP contribution in [0, 0.1) is 3.57 Å². The lowest BCUT2D eigenvalue weighted by atomic mass is 10.2. The van der Waals surface area contributed by atoms with Crippen molar-refractivity contribution in [1.29, 1.82) is 0 Å². The van der Waals surface area contributed by atoms with Crippen LogP contribution in [0.3, 0.4) is 0 Å². The molecule has 1 N–H and O–H groups in total. The van der Waals surface area contributed by atoms with Gasteiger partial charge in [0.2, 0.25) is 0 Å². The summed E-state index contributed by atoms with van der Waals surface area (Å²) >= 11 is 8.80. The van der Waals surface area contributed by atoms with Gasteiger partial charge >= 0.3 is 0 Å². The number of hydrogen-bond donors (Lipinski definition) is 1. The van der Waals surface area contributed by atoms with Crippen LogP contribution in [-0.2, 0) is 4.79 Å². The van der Waals surface area contributed by atoms with Crippen LogP contribution in [-0.4, -0.2) is 22.9 Å². The molecule has 0 spiro atoms. The van der Waals surface area contributed by atoms with Crippen LogP contribution in [0.5, 0.6) is 11.5 Å². The molecule has 3 rings (SSSR count). The number of rotatable bonds is 4. The summed E-state index contributed by atoms with van der Waals surface area (Å²) in [6.45, 7) is 2.22. The smallest absolute Gasteiger partial charge is 0.298 e. The van der Waals surface area contributed by atoms with Gasteiger partial charge in [-0.1, -0.05) is 17.7 Å². The third kappa shape index (κ3) is 3.84. The molecule has 1 aliphatic heterocycles. The molecule has 0 aromatic heterocycles. The Kier molecular flexibility index (Phi) is 5.79. The third-order valence-corrected chi connectivity index (χ3v) is 5.44. The first-order chi connectivity index (χ1) is 12.4. The van der Waals surface area contributed by atoms with Crippen molar-refractivity contribution in [2.24, 2.45) is 0 Å². The highest BCUT2D eigenvalue weighted by atomic mass is 127. The molecule has 0 aliphatic carbocycles. The molecular formula is C18H13ClINO4S. The number of imide groups is 1. The number of phenols is 1. The predicted octanol–water partition coefficient (Wildman–Crippen LogP) is 5.29. The molecule has 0 saturated carbocycles. The second kappa shape index (κ2) is 7.89. The second-order valence-corrected chi connectivity index (χ2v) is 7.87. The number of aromatic hydroxyl groups is 1. The van der Waals surface area contributed by atoms with E-state index >= 15 is 0 Å². The molecule has 8 heteroatoms. The SMILES string of the molecule is CCOc1cc(C=C2SC(=O)N(c3cccc(Cl)c3)C2=O)cc(I)c1O. The Morgan fingerprint density at radius 1 is 1.31 bits per heavy atom. The molecule has 1 aliphatic rings. The molecule has 0 atom stereocenters. The van der Waals surface area contributed by atoms with E-state index in [1.807, 2.05) is 29.5 Å². The van der Waals surface area contributed by atoms with Gasteiger partial charge in [0.15, 0.2) is 11.5 Å². The lowest BCUT2D eigenvalue weighted by molar-refractivity contribution is -0.113. The molecule has 2 aromatic carbocycles. The molecule has 5 nitrogen and oxygen atoms in total. The zero-order valence-electron chi connectivity index (χ0n) is 13.5. The fraction of sp³-hybridized carbons (Fsp3) is 0.111. The van der Waals surface area contributed by atoms with Crippen molar-refractivity contribution in [3.05, 3.63) is 55.5 Å². The number of benzene rings is 2. The van der Waals surface area contributed by atoms with E-state index in [1.54, 1.807) is 42.5 Å². The van der Waals surface area contributed by atoms with Gasteiger partial charge in [-0.2, -0.15) is 0 Å². The highest BCUT2D eigenvalue weighted by molar-refractivity contribution is 14.1. The number of nitrogens with zero attached hydrogens (tertiary/aromatic N) is 1. The molecule has 0 bridgehead atoms. The van der Waals surface area contributed by atoms with E-state index in [0.717, 1.165) is 16.7 Å². The van der Waals surface area contributed by atoms with E-state index in [0.29, 0.717) is 37.1 Å². The maximum Gasteiger partial charge on any atom is 0.298 e. The van der Waals surface area contributed by atoms with E-state index in [9.17, 15) is 14.7 Å². The van der Waals surface area contributed by atoms with Crippen molar-refractivity contribution >= 4 is 68.9 Å². The number of amides is 2. The van der Waals surface area contributed by atoms with Gasteiger partial charge in [-0.05, 0) is 83.2 Å². The van der Waals surface area contributed by atoms with Gasteiger partial charge in [-0.3, -0.25) is 9.59 Å². The quantitative estimate of drug-likeness (QED) is 0.455. The van der Waals surface area contributed by atoms with Crippen molar-refractivity contribution < 1.29 is 19.4 Å². The molecule has 1 heterocycles. The zero-order chi connectivity index (χ0) is 18.8. The molecule has 0 unspecified atom stereocenters. The van der Waals surface area contributed by atoms with Crippen LogP contribution in [0.15, 0.2) is 41.3 Å². The molecule has 26 heavy (non-hydrogen) atoms. The van der Waals surface area contributed by atoms with Gasteiger partial charge in [-0.25, -0.2) is 4.90 Å². The summed E-state index contributed by atoms with van der Waals surface area (Å²) in [5.74, 6) is -0.0281. The first kappa shape index (κ1) is 19.1. The summed E-state index contributed by atoms with van der Waals surface area (Å²) in [6.07, 6.45) is 1.61. The summed E-state index contributed by atoms with van der Waals surface area (Å²) in [6, 6.07) is 9.93. The zero-order valence-corrected chi connectivity index (χ0v) is 17.3. The number of phenolic OH excluding ortho intramolecular Hbond substituents is 1. The summed E-state index contributed by atoms with van der Waals surface area (Å²) in [4.78, 5) is 26.4. The number of hydrogen-bond acceptors (Lipinski definition) is 5. The standard InChI is InChI=1S/C18H13ClINO4S/c1-2-25-14-7-10(6-13(20)16(14)22)8-15-17(23)21(18(24)26-15)12-5-3-4-11(19)9-12/h3-9,22H,2H2,1H3. The molecule has 1 saturated heterocycles. The van der Waals surface area contributed by atoms with Crippen LogP contribution in [0.25, 0.3) is 6.08 Å². The van der Waals surface area contributed by atoms with Crippen molar-refractivity contribution in [1.82, 2.24) is 0 Å². The second-order valence-electron chi connectivity index (χ2n) is 5.28. The van der Waals surface area contributed by atoms with Crippen LogP contribution in [0.1, 0.15) is 12.5 Å². The highest BCUT2D eigenvalue weighted by Crippen LogP contribution is 2.38. The van der Waals surface area contributed by atoms with Crippen LogP contribution in [0.2, 0.25) is 5.02 Å². The first-order valence-corrected chi connectivity index (χ1v) is 9.87. The number of thioether (sulfide) groups is 1. The Morgan fingerprint density at radius 3 is 2.77 bits per heavy atom. The molecule has 2 amide bonds. The monoisotopic (exact) mass is 501 g/mol. The minimum atomic E-state index is -0.414. The first-order valence-electron chi connectivity index (χ1n) is 7.59. The predicted molar refractivity (Wildman–Crippen MR) is 112 cm³/mol. The fourth-order valence-corrected chi connectivity index (χ4v) is 4.05. The Labute approximate surface area is 173 Å². The largest absolute Gasteiger partial charge is 0.504 e. The van der Waals surface area contributed by atoms with Crippen molar-refractivity contribution in [3.8, 4) is 11.5 Å². The van der Waals surface area contributed by atoms with Gasteiger partial charge in [0.1, 0.15) is 0 Å². The average molecular weight is 502 g/mol. The molecule has 134 valence electrons. The Bertz CT molecular complexity index is 931. The van der Waals surface area contributed by atoms with Gasteiger partial charge in [0.05, 0.1) is 20.8 Å². The minimum absolute atomic E-state index is 0.0524. The van der Waals surface area contributed by atoms with Gasteiger partial charge in [-0.15, -0.1) is 0 Å². The lowest BCUT2D eigenvalue weighted by Gasteiger charge is -2.12. The van der Waals surface area contributed by atoms with Crippen molar-refractivity contribution in [2.75, 3.05) is 11.5 Å². The minimum Gasteiger partial charge on any atom is -0.504 e. The van der Waals surface area contributed by atoms with Crippen molar-refractivity contribution in [3.63, 3.8) is 0 Å². The van der Waals surface area contributed by atoms with E-state index in [-0.39, 0.29) is 11.0 Å². The number of halogens is 2.